The van der Waals surface area contributed by atoms with Gasteiger partial charge in [-0.2, -0.15) is 0 Å². The molecule has 78 valence electrons. The van der Waals surface area contributed by atoms with E-state index in [0.717, 1.165) is 13.2 Å². The summed E-state index contributed by atoms with van der Waals surface area (Å²) >= 11 is 0. The van der Waals surface area contributed by atoms with Crippen molar-refractivity contribution in [1.82, 2.24) is 4.90 Å². The van der Waals surface area contributed by atoms with Gasteiger partial charge in [-0.15, -0.1) is 0 Å². The zero-order chi connectivity index (χ0) is 9.73. The Hall–Kier alpha value is 0.137. The monoisotopic (exact) mass is 201 g/mol. The number of nitrogens with zero attached hydrogens (tertiary/aromatic N) is 1. The molecule has 0 N–H and O–H groups in total. The van der Waals surface area contributed by atoms with Crippen molar-refractivity contribution in [2.24, 2.45) is 0 Å². The second-order valence-corrected chi connectivity index (χ2v) is 9.03. The topological polar surface area (TPSA) is 12.5 Å². The fourth-order valence-electron chi connectivity index (χ4n) is 1.77. The van der Waals surface area contributed by atoms with Crippen LogP contribution in [0.2, 0.25) is 19.1 Å². The van der Waals surface area contributed by atoms with Gasteiger partial charge in [0.2, 0.25) is 0 Å². The summed E-state index contributed by atoms with van der Waals surface area (Å²) in [7, 11) is 0.910. The van der Waals surface area contributed by atoms with Gasteiger partial charge in [0.1, 0.15) is 0 Å². The maximum atomic E-state index is 5.97. The maximum absolute atomic E-state index is 5.97. The third-order valence-electron chi connectivity index (χ3n) is 2.78. The fourth-order valence-corrected chi connectivity index (χ4v) is 3.66. The zero-order valence-electron chi connectivity index (χ0n) is 9.31. The molecule has 0 aromatic carbocycles. The molecule has 0 spiro atoms. The highest BCUT2D eigenvalue weighted by atomic mass is 28.4. The Balaban J connectivity index is 2.35. The van der Waals surface area contributed by atoms with Crippen molar-refractivity contribution < 1.29 is 4.43 Å². The minimum atomic E-state index is -1.28. The molecule has 1 saturated heterocycles. The van der Waals surface area contributed by atoms with E-state index in [9.17, 15) is 0 Å². The van der Waals surface area contributed by atoms with Crippen LogP contribution in [0.15, 0.2) is 0 Å². The number of hydrogen-bond acceptors (Lipinski definition) is 2. The first-order chi connectivity index (χ1) is 6.10. The highest BCUT2D eigenvalue weighted by Crippen LogP contribution is 2.17. The van der Waals surface area contributed by atoms with E-state index in [2.05, 4.69) is 25.0 Å². The van der Waals surface area contributed by atoms with Crippen molar-refractivity contribution in [3.63, 3.8) is 0 Å². The molecule has 0 saturated carbocycles. The SMILES string of the molecule is CN1CCCCC[Si](C)(C)OCC1. The Morgan fingerprint density at radius 1 is 1.08 bits per heavy atom. The van der Waals surface area contributed by atoms with E-state index in [1.165, 1.54) is 31.9 Å². The Labute approximate surface area is 83.4 Å². The largest absolute Gasteiger partial charge is 0.416 e. The van der Waals surface area contributed by atoms with E-state index >= 15 is 0 Å². The molecule has 1 heterocycles. The van der Waals surface area contributed by atoms with E-state index in [-0.39, 0.29) is 0 Å². The van der Waals surface area contributed by atoms with Crippen molar-refractivity contribution in [1.29, 1.82) is 0 Å². The first kappa shape index (κ1) is 11.2. The second kappa shape index (κ2) is 5.13. The van der Waals surface area contributed by atoms with Crippen molar-refractivity contribution in [2.45, 2.75) is 38.4 Å². The summed E-state index contributed by atoms with van der Waals surface area (Å²) in [5.74, 6) is 0. The molecule has 0 unspecified atom stereocenters. The minimum absolute atomic E-state index is 0.940. The van der Waals surface area contributed by atoms with Gasteiger partial charge in [0.15, 0.2) is 8.32 Å². The Morgan fingerprint density at radius 2 is 1.85 bits per heavy atom. The van der Waals surface area contributed by atoms with Crippen LogP contribution < -0.4 is 0 Å². The predicted octanol–water partition coefficient (Wildman–Crippen LogP) is 2.32. The van der Waals surface area contributed by atoms with Crippen LogP contribution >= 0.6 is 0 Å². The Bertz CT molecular complexity index is 150. The van der Waals surface area contributed by atoms with Crippen LogP contribution in [0, 0.1) is 0 Å². The molecule has 1 aliphatic rings. The van der Waals surface area contributed by atoms with Crippen molar-refractivity contribution in [3.8, 4) is 0 Å². The van der Waals surface area contributed by atoms with Gasteiger partial charge >= 0.3 is 0 Å². The van der Waals surface area contributed by atoms with Crippen LogP contribution in [0.4, 0.5) is 0 Å². The molecule has 3 heteroatoms. The first-order valence-electron chi connectivity index (χ1n) is 5.43. The van der Waals surface area contributed by atoms with Crippen LogP contribution in [0.3, 0.4) is 0 Å². The number of rotatable bonds is 0. The molecule has 2 nitrogen and oxygen atoms in total. The van der Waals surface area contributed by atoms with Crippen LogP contribution in [0.25, 0.3) is 0 Å². The molecule has 0 bridgehead atoms. The standard InChI is InChI=1S/C10H23NOSi/c1-11-7-5-4-6-10-13(2,3)12-9-8-11/h4-10H2,1-3H3. The molecule has 13 heavy (non-hydrogen) atoms. The van der Waals surface area contributed by atoms with Crippen LogP contribution in [-0.4, -0.2) is 40.0 Å². The lowest BCUT2D eigenvalue weighted by Crippen LogP contribution is -2.35. The first-order valence-corrected chi connectivity index (χ1v) is 8.54. The maximum Gasteiger partial charge on any atom is 0.186 e. The van der Waals surface area contributed by atoms with E-state index in [0.29, 0.717) is 0 Å². The average Bonchev–Trinajstić information content (AvgIpc) is 2.02. The van der Waals surface area contributed by atoms with Gasteiger partial charge in [-0.3, -0.25) is 0 Å². The quantitative estimate of drug-likeness (QED) is 0.558. The third kappa shape index (κ3) is 4.79. The van der Waals surface area contributed by atoms with Crippen LogP contribution in [0.1, 0.15) is 19.3 Å². The van der Waals surface area contributed by atoms with E-state index in [4.69, 9.17) is 4.43 Å². The van der Waals surface area contributed by atoms with Gasteiger partial charge < -0.3 is 9.33 Å². The molecule has 1 rings (SSSR count). The summed E-state index contributed by atoms with van der Waals surface area (Å²) < 4.78 is 5.97. The average molecular weight is 201 g/mol. The molecule has 1 fully saturated rings. The van der Waals surface area contributed by atoms with Crippen LogP contribution in [0.5, 0.6) is 0 Å². The van der Waals surface area contributed by atoms with Crippen molar-refractivity contribution in [3.05, 3.63) is 0 Å². The summed E-state index contributed by atoms with van der Waals surface area (Å²) in [5, 5.41) is 0. The fraction of sp³-hybridized carbons (Fsp3) is 1.00. The van der Waals surface area contributed by atoms with Gasteiger partial charge in [0, 0.05) is 13.2 Å². The van der Waals surface area contributed by atoms with E-state index in [1.807, 2.05) is 0 Å². The summed E-state index contributed by atoms with van der Waals surface area (Å²) in [6, 6.07) is 1.34. The van der Waals surface area contributed by atoms with Crippen LogP contribution in [-0.2, 0) is 4.43 Å². The molecule has 0 amide bonds. The summed E-state index contributed by atoms with van der Waals surface area (Å²) in [5.41, 5.74) is 0. The zero-order valence-corrected chi connectivity index (χ0v) is 10.3. The molecule has 0 radical (unpaired) electrons. The molecule has 0 aromatic heterocycles. The molecule has 0 aromatic rings. The van der Waals surface area contributed by atoms with Crippen molar-refractivity contribution in [2.75, 3.05) is 26.7 Å². The van der Waals surface area contributed by atoms with Crippen molar-refractivity contribution >= 4 is 8.32 Å². The number of likely N-dealkylation sites (N-methyl/N-ethyl adjacent to an activating group) is 1. The van der Waals surface area contributed by atoms with Gasteiger partial charge in [0.25, 0.3) is 0 Å². The summed E-state index contributed by atoms with van der Waals surface area (Å²) in [6.45, 7) is 7.97. The lowest BCUT2D eigenvalue weighted by atomic mass is 10.2. The van der Waals surface area contributed by atoms with E-state index < -0.39 is 8.32 Å². The normalized spacial score (nSPS) is 27.0. The molecular weight excluding hydrogens is 178 g/mol. The van der Waals surface area contributed by atoms with Gasteiger partial charge in [0.05, 0.1) is 0 Å². The van der Waals surface area contributed by atoms with Gasteiger partial charge in [-0.25, -0.2) is 0 Å². The Kier molecular flexibility index (Phi) is 4.42. The lowest BCUT2D eigenvalue weighted by molar-refractivity contribution is 0.223. The molecule has 0 atom stereocenters. The van der Waals surface area contributed by atoms with Gasteiger partial charge in [-0.1, -0.05) is 12.8 Å². The minimum Gasteiger partial charge on any atom is -0.416 e. The third-order valence-corrected chi connectivity index (χ3v) is 5.33. The molecule has 1 aliphatic heterocycles. The van der Waals surface area contributed by atoms with E-state index in [1.54, 1.807) is 0 Å². The molecule has 0 aliphatic carbocycles. The highest BCUT2D eigenvalue weighted by molar-refractivity contribution is 6.71. The molecular formula is C10H23NOSi. The lowest BCUT2D eigenvalue weighted by Gasteiger charge is -2.26. The number of hydrogen-bond donors (Lipinski definition) is 0. The Morgan fingerprint density at radius 3 is 2.62 bits per heavy atom. The highest BCUT2D eigenvalue weighted by Gasteiger charge is 2.22. The van der Waals surface area contributed by atoms with Gasteiger partial charge in [-0.05, 0) is 39.2 Å². The summed E-state index contributed by atoms with van der Waals surface area (Å²) in [4.78, 5) is 2.38. The predicted molar refractivity (Wildman–Crippen MR) is 59.6 cm³/mol. The summed E-state index contributed by atoms with van der Waals surface area (Å²) in [6.07, 6.45) is 4.11. The smallest absolute Gasteiger partial charge is 0.186 e. The second-order valence-electron chi connectivity index (χ2n) is 4.72.